The summed E-state index contributed by atoms with van der Waals surface area (Å²) in [7, 11) is 0. The van der Waals surface area contributed by atoms with Gasteiger partial charge in [-0.15, -0.1) is 0 Å². The van der Waals surface area contributed by atoms with Crippen molar-refractivity contribution < 1.29 is 0 Å². The lowest BCUT2D eigenvalue weighted by atomic mass is 10.1. The molecule has 0 amide bonds. The van der Waals surface area contributed by atoms with Gasteiger partial charge in [0.15, 0.2) is 6.07 Å². The summed E-state index contributed by atoms with van der Waals surface area (Å²) < 4.78 is 0. The third kappa shape index (κ3) is 2.02. The standard InChI is InChI=1S/C10H6ClN/c1-8-4-5-9(3-2-6-12)7-10(8)11/h4-5,7H,1H3. The summed E-state index contributed by atoms with van der Waals surface area (Å²) in [6, 6.07) is 7.21. The molecule has 0 N–H and O–H groups in total. The van der Waals surface area contributed by atoms with Crippen molar-refractivity contribution in [1.29, 1.82) is 5.26 Å². The Balaban J connectivity index is 3.07. The number of nitriles is 1. The van der Waals surface area contributed by atoms with Crippen LogP contribution in [0.25, 0.3) is 0 Å². The van der Waals surface area contributed by atoms with Crippen LogP contribution in [0.3, 0.4) is 0 Å². The molecule has 0 spiro atoms. The first-order chi connectivity index (χ1) is 5.74. The van der Waals surface area contributed by atoms with E-state index in [1.54, 1.807) is 12.1 Å². The molecule has 0 atom stereocenters. The smallest absolute Gasteiger partial charge is 0.152 e. The van der Waals surface area contributed by atoms with Gasteiger partial charge in [-0.1, -0.05) is 23.6 Å². The molecule has 0 unspecified atom stereocenters. The van der Waals surface area contributed by atoms with Crippen molar-refractivity contribution in [3.05, 3.63) is 34.3 Å². The zero-order valence-corrected chi connectivity index (χ0v) is 7.31. The van der Waals surface area contributed by atoms with Gasteiger partial charge in [0.1, 0.15) is 0 Å². The first-order valence-corrected chi connectivity index (χ1v) is 3.78. The number of hydrogen-bond donors (Lipinski definition) is 0. The van der Waals surface area contributed by atoms with Gasteiger partial charge in [-0.3, -0.25) is 0 Å². The highest BCUT2D eigenvalue weighted by molar-refractivity contribution is 6.31. The Morgan fingerprint density at radius 1 is 1.42 bits per heavy atom. The van der Waals surface area contributed by atoms with Crippen LogP contribution in [-0.4, -0.2) is 0 Å². The van der Waals surface area contributed by atoms with Crippen LogP contribution in [-0.2, 0) is 0 Å². The number of rotatable bonds is 0. The second-order valence-corrected chi connectivity index (χ2v) is 2.73. The molecule has 1 nitrogen and oxygen atoms in total. The van der Waals surface area contributed by atoms with Crippen LogP contribution in [0.4, 0.5) is 0 Å². The number of nitrogens with zero attached hydrogens (tertiary/aromatic N) is 1. The van der Waals surface area contributed by atoms with Crippen molar-refractivity contribution in [2.75, 3.05) is 0 Å². The van der Waals surface area contributed by atoms with Gasteiger partial charge in [-0.05, 0) is 24.6 Å². The third-order valence-corrected chi connectivity index (χ3v) is 1.84. The van der Waals surface area contributed by atoms with Crippen LogP contribution in [0, 0.1) is 30.1 Å². The maximum absolute atomic E-state index is 8.19. The maximum atomic E-state index is 8.19. The molecule has 2 heteroatoms. The van der Waals surface area contributed by atoms with Crippen molar-refractivity contribution in [2.24, 2.45) is 0 Å². The van der Waals surface area contributed by atoms with Gasteiger partial charge in [0.2, 0.25) is 0 Å². The number of halogens is 1. The van der Waals surface area contributed by atoms with Crippen LogP contribution in [0.15, 0.2) is 18.2 Å². The van der Waals surface area contributed by atoms with Gasteiger partial charge in [0, 0.05) is 16.5 Å². The predicted molar refractivity (Wildman–Crippen MR) is 48.7 cm³/mol. The van der Waals surface area contributed by atoms with Crippen molar-refractivity contribution in [1.82, 2.24) is 0 Å². The summed E-state index contributed by atoms with van der Waals surface area (Å²) in [5.41, 5.74) is 1.78. The molecular formula is C10H6ClN. The molecular weight excluding hydrogens is 170 g/mol. The van der Waals surface area contributed by atoms with Gasteiger partial charge >= 0.3 is 0 Å². The van der Waals surface area contributed by atoms with Crippen molar-refractivity contribution in [2.45, 2.75) is 6.92 Å². The maximum Gasteiger partial charge on any atom is 0.152 e. The van der Waals surface area contributed by atoms with E-state index in [4.69, 9.17) is 16.9 Å². The summed E-state index contributed by atoms with van der Waals surface area (Å²) in [4.78, 5) is 0. The molecule has 0 saturated carbocycles. The minimum absolute atomic E-state index is 0.680. The molecule has 0 bridgehead atoms. The number of aryl methyl sites for hydroxylation is 1. The monoisotopic (exact) mass is 175 g/mol. The summed E-state index contributed by atoms with van der Waals surface area (Å²) in [6.07, 6.45) is 0. The summed E-state index contributed by atoms with van der Waals surface area (Å²) in [6.45, 7) is 1.92. The fourth-order valence-corrected chi connectivity index (χ4v) is 0.951. The van der Waals surface area contributed by atoms with E-state index in [9.17, 15) is 0 Å². The van der Waals surface area contributed by atoms with Crippen molar-refractivity contribution in [3.8, 4) is 17.9 Å². The quantitative estimate of drug-likeness (QED) is 0.556. The summed E-state index contributed by atoms with van der Waals surface area (Å²) >= 11 is 5.84. The van der Waals surface area contributed by atoms with E-state index in [1.165, 1.54) is 0 Å². The van der Waals surface area contributed by atoms with E-state index in [-0.39, 0.29) is 0 Å². The highest BCUT2D eigenvalue weighted by Gasteiger charge is 1.93. The normalized spacial score (nSPS) is 8.08. The third-order valence-electron chi connectivity index (χ3n) is 1.43. The Morgan fingerprint density at radius 3 is 2.75 bits per heavy atom. The average molecular weight is 176 g/mol. The van der Waals surface area contributed by atoms with Crippen LogP contribution < -0.4 is 0 Å². The van der Waals surface area contributed by atoms with Gasteiger partial charge in [0.05, 0.1) is 0 Å². The van der Waals surface area contributed by atoms with E-state index >= 15 is 0 Å². The lowest BCUT2D eigenvalue weighted by Gasteiger charge is -1.95. The SMILES string of the molecule is Cc1ccc(C#CC#N)cc1Cl. The topological polar surface area (TPSA) is 23.8 Å². The minimum Gasteiger partial charge on any atom is -0.183 e. The Hall–Kier alpha value is -1.44. The number of benzene rings is 1. The van der Waals surface area contributed by atoms with Gasteiger partial charge in [-0.2, -0.15) is 5.26 Å². The fraction of sp³-hybridized carbons (Fsp3) is 0.100. The Bertz CT molecular complexity index is 391. The van der Waals surface area contributed by atoms with E-state index in [0.717, 1.165) is 11.1 Å². The first kappa shape index (κ1) is 8.65. The largest absolute Gasteiger partial charge is 0.183 e. The van der Waals surface area contributed by atoms with Crippen LogP contribution in [0.1, 0.15) is 11.1 Å². The average Bonchev–Trinajstić information content (AvgIpc) is 2.07. The molecule has 0 aliphatic carbocycles. The second kappa shape index (κ2) is 3.81. The Kier molecular flexibility index (Phi) is 2.75. The fourth-order valence-electron chi connectivity index (χ4n) is 0.771. The predicted octanol–water partition coefficient (Wildman–Crippen LogP) is 2.52. The van der Waals surface area contributed by atoms with Crippen LogP contribution in [0.2, 0.25) is 5.02 Å². The molecule has 1 aromatic rings. The highest BCUT2D eigenvalue weighted by atomic mass is 35.5. The molecule has 1 aromatic carbocycles. The molecule has 12 heavy (non-hydrogen) atoms. The highest BCUT2D eigenvalue weighted by Crippen LogP contribution is 2.15. The van der Waals surface area contributed by atoms with E-state index in [1.807, 2.05) is 19.1 Å². The van der Waals surface area contributed by atoms with Gasteiger partial charge in [-0.25, -0.2) is 0 Å². The lowest BCUT2D eigenvalue weighted by molar-refractivity contribution is 1.46. The second-order valence-electron chi connectivity index (χ2n) is 2.33. The Labute approximate surface area is 76.6 Å². The van der Waals surface area contributed by atoms with Crippen LogP contribution >= 0.6 is 11.6 Å². The lowest BCUT2D eigenvalue weighted by Crippen LogP contribution is -1.77. The molecule has 0 saturated heterocycles. The van der Waals surface area contributed by atoms with Gasteiger partial charge < -0.3 is 0 Å². The van der Waals surface area contributed by atoms with Gasteiger partial charge in [0.25, 0.3) is 0 Å². The summed E-state index contributed by atoms with van der Waals surface area (Å²) in [5, 5.41) is 8.88. The molecule has 0 heterocycles. The van der Waals surface area contributed by atoms with Crippen molar-refractivity contribution >= 4 is 11.6 Å². The van der Waals surface area contributed by atoms with E-state index in [0.29, 0.717) is 5.02 Å². The molecule has 58 valence electrons. The zero-order valence-electron chi connectivity index (χ0n) is 6.56. The molecule has 1 rings (SSSR count). The van der Waals surface area contributed by atoms with E-state index < -0.39 is 0 Å². The zero-order chi connectivity index (χ0) is 8.97. The van der Waals surface area contributed by atoms with Crippen LogP contribution in [0.5, 0.6) is 0 Å². The molecule has 0 aromatic heterocycles. The van der Waals surface area contributed by atoms with E-state index in [2.05, 4.69) is 11.8 Å². The minimum atomic E-state index is 0.680. The first-order valence-electron chi connectivity index (χ1n) is 3.40. The number of hydrogen-bond acceptors (Lipinski definition) is 1. The molecule has 0 radical (unpaired) electrons. The molecule has 0 fully saturated rings. The summed E-state index contributed by atoms with van der Waals surface area (Å²) in [5.74, 6) is 4.97. The molecule has 0 aliphatic heterocycles. The van der Waals surface area contributed by atoms with Crippen molar-refractivity contribution in [3.63, 3.8) is 0 Å². The Morgan fingerprint density at radius 2 is 2.17 bits per heavy atom. The molecule has 0 aliphatic rings.